The lowest BCUT2D eigenvalue weighted by Crippen LogP contribution is -2.10. The van der Waals surface area contributed by atoms with Crippen molar-refractivity contribution < 1.29 is 0 Å². The molecule has 0 aliphatic rings. The molecule has 0 aliphatic carbocycles. The van der Waals surface area contributed by atoms with Crippen LogP contribution in [0.4, 0.5) is 17.1 Å². The first kappa shape index (κ1) is 28.8. The largest absolute Gasteiger partial charge is 0.311 e. The van der Waals surface area contributed by atoms with E-state index in [-0.39, 0.29) is 0 Å². The maximum absolute atomic E-state index is 5.18. The molecule has 2 heterocycles. The van der Waals surface area contributed by atoms with Gasteiger partial charge in [-0.1, -0.05) is 72.8 Å². The quantitative estimate of drug-likeness (QED) is 0.183. The summed E-state index contributed by atoms with van der Waals surface area (Å²) in [6.07, 6.45) is 0. The van der Waals surface area contributed by atoms with E-state index in [4.69, 9.17) is 4.98 Å². The number of rotatable bonds is 6. The number of nitrogens with zero attached hydrogens (tertiary/aromatic N) is 4. The van der Waals surface area contributed by atoms with Crippen molar-refractivity contribution >= 4 is 49.9 Å². The average Bonchev–Trinajstić information content (AvgIpc) is 3.69. The maximum atomic E-state index is 5.18. The van der Waals surface area contributed by atoms with Gasteiger partial charge in [-0.3, -0.25) is 4.57 Å². The summed E-state index contributed by atoms with van der Waals surface area (Å²) in [5.41, 5.74) is 13.6. The van der Waals surface area contributed by atoms with Crippen LogP contribution in [0.1, 0.15) is 11.1 Å². The molecule has 0 saturated carbocycles. The van der Waals surface area contributed by atoms with Gasteiger partial charge < -0.3 is 9.47 Å². The Morgan fingerprint density at radius 3 is 1.55 bits per heavy atom. The molecule has 0 N–H and O–H groups in total. The molecule has 0 saturated heterocycles. The summed E-state index contributed by atoms with van der Waals surface area (Å²) in [7, 11) is 0. The number of para-hydroxylation sites is 4. The van der Waals surface area contributed by atoms with E-state index in [0.29, 0.717) is 0 Å². The molecule has 4 nitrogen and oxygen atoms in total. The molecule has 0 aliphatic heterocycles. The minimum Gasteiger partial charge on any atom is -0.311 e. The maximum Gasteiger partial charge on any atom is 0.145 e. The zero-order chi connectivity index (χ0) is 32.9. The first-order valence-electron chi connectivity index (χ1n) is 16.7. The summed E-state index contributed by atoms with van der Waals surface area (Å²) in [5.74, 6) is 0.930. The van der Waals surface area contributed by atoms with Crippen molar-refractivity contribution in [3.05, 3.63) is 181 Å². The molecule has 0 spiro atoms. The van der Waals surface area contributed by atoms with E-state index in [2.05, 4.69) is 198 Å². The number of imidazole rings is 1. The van der Waals surface area contributed by atoms with Gasteiger partial charge in [0.1, 0.15) is 5.82 Å². The zero-order valence-electron chi connectivity index (χ0n) is 27.5. The van der Waals surface area contributed by atoms with Crippen molar-refractivity contribution in [2.75, 3.05) is 4.90 Å². The number of aromatic nitrogens is 3. The van der Waals surface area contributed by atoms with Gasteiger partial charge in [-0.15, -0.1) is 0 Å². The molecule has 0 fully saturated rings. The van der Waals surface area contributed by atoms with Gasteiger partial charge in [-0.25, -0.2) is 4.98 Å². The first-order valence-corrected chi connectivity index (χ1v) is 16.7. The number of aryl methyl sites for hydroxylation is 2. The second-order valence-corrected chi connectivity index (χ2v) is 12.6. The van der Waals surface area contributed by atoms with Crippen LogP contribution in [-0.4, -0.2) is 14.1 Å². The molecule has 9 aromatic rings. The van der Waals surface area contributed by atoms with Gasteiger partial charge >= 0.3 is 0 Å². The van der Waals surface area contributed by atoms with E-state index in [9.17, 15) is 0 Å². The van der Waals surface area contributed by atoms with Crippen LogP contribution in [0.25, 0.3) is 55.6 Å². The van der Waals surface area contributed by atoms with E-state index >= 15 is 0 Å². The van der Waals surface area contributed by atoms with E-state index in [1.54, 1.807) is 0 Å². The zero-order valence-corrected chi connectivity index (χ0v) is 27.5. The van der Waals surface area contributed by atoms with Crippen LogP contribution >= 0.6 is 0 Å². The van der Waals surface area contributed by atoms with Crippen molar-refractivity contribution in [2.24, 2.45) is 0 Å². The molecule has 0 radical (unpaired) electrons. The Morgan fingerprint density at radius 1 is 0.429 bits per heavy atom. The van der Waals surface area contributed by atoms with Crippen molar-refractivity contribution in [1.29, 1.82) is 0 Å². The summed E-state index contributed by atoms with van der Waals surface area (Å²) < 4.78 is 4.64. The molecule has 4 heteroatoms. The first-order chi connectivity index (χ1) is 24.1. The van der Waals surface area contributed by atoms with Crippen molar-refractivity contribution in [3.63, 3.8) is 0 Å². The second-order valence-electron chi connectivity index (χ2n) is 12.6. The smallest absolute Gasteiger partial charge is 0.145 e. The normalized spacial score (nSPS) is 11.5. The van der Waals surface area contributed by atoms with Gasteiger partial charge in [0.25, 0.3) is 0 Å². The predicted molar refractivity (Wildman–Crippen MR) is 205 cm³/mol. The van der Waals surface area contributed by atoms with Crippen LogP contribution in [-0.2, 0) is 0 Å². The third kappa shape index (κ3) is 4.88. The summed E-state index contributed by atoms with van der Waals surface area (Å²) >= 11 is 0. The molecular weight excluding hydrogens is 597 g/mol. The fraction of sp³-hybridized carbons (Fsp3) is 0.0444. The minimum absolute atomic E-state index is 0.930. The Kier molecular flexibility index (Phi) is 6.87. The molecule has 0 bridgehead atoms. The van der Waals surface area contributed by atoms with Gasteiger partial charge in [0.15, 0.2) is 0 Å². The summed E-state index contributed by atoms with van der Waals surface area (Å²) in [6.45, 7) is 4.32. The third-order valence-corrected chi connectivity index (χ3v) is 9.63. The molecule has 0 atom stereocenters. The lowest BCUT2D eigenvalue weighted by atomic mass is 10.1. The molecule has 234 valence electrons. The monoisotopic (exact) mass is 630 g/mol. The van der Waals surface area contributed by atoms with Gasteiger partial charge in [-0.2, -0.15) is 0 Å². The molecule has 0 unspecified atom stereocenters. The Labute approximate surface area is 285 Å². The van der Waals surface area contributed by atoms with Crippen LogP contribution in [0.15, 0.2) is 170 Å². The molecule has 49 heavy (non-hydrogen) atoms. The van der Waals surface area contributed by atoms with Gasteiger partial charge in [0.2, 0.25) is 0 Å². The number of hydrogen-bond donors (Lipinski definition) is 0. The van der Waals surface area contributed by atoms with Gasteiger partial charge in [-0.05, 0) is 122 Å². The minimum atomic E-state index is 0.930. The van der Waals surface area contributed by atoms with E-state index in [1.807, 2.05) is 0 Å². The highest BCUT2D eigenvalue weighted by Crippen LogP contribution is 2.38. The van der Waals surface area contributed by atoms with E-state index < -0.39 is 0 Å². The highest BCUT2D eigenvalue weighted by Gasteiger charge is 2.18. The fourth-order valence-electron chi connectivity index (χ4n) is 7.10. The highest BCUT2D eigenvalue weighted by molar-refractivity contribution is 6.09. The summed E-state index contributed by atoms with van der Waals surface area (Å²) in [5, 5.41) is 2.53. The van der Waals surface area contributed by atoms with E-state index in [1.165, 1.54) is 32.9 Å². The predicted octanol–water partition coefficient (Wildman–Crippen LogP) is 11.9. The lowest BCUT2D eigenvalue weighted by Gasteiger charge is -2.26. The fourth-order valence-corrected chi connectivity index (χ4v) is 7.10. The Hall–Kier alpha value is -6.39. The van der Waals surface area contributed by atoms with Crippen molar-refractivity contribution in [2.45, 2.75) is 13.8 Å². The second kappa shape index (κ2) is 11.7. The van der Waals surface area contributed by atoms with Crippen LogP contribution in [0, 0.1) is 13.8 Å². The lowest BCUT2D eigenvalue weighted by molar-refractivity contribution is 1.10. The molecule has 0 amide bonds. The molecular formula is C45H34N4. The van der Waals surface area contributed by atoms with Crippen LogP contribution in [0.5, 0.6) is 0 Å². The van der Waals surface area contributed by atoms with Gasteiger partial charge in [0, 0.05) is 44.8 Å². The number of hydrogen-bond acceptors (Lipinski definition) is 2. The summed E-state index contributed by atoms with van der Waals surface area (Å²) in [4.78, 5) is 7.49. The van der Waals surface area contributed by atoms with Crippen LogP contribution in [0.3, 0.4) is 0 Å². The highest BCUT2D eigenvalue weighted by atomic mass is 15.1. The number of anilines is 3. The standard InChI is InChI=1S/C45H34N4/c1-31-29-41-44(30-32(31)2)49(35-15-7-4-8-16-35)45(46-41)33-21-23-36(24-22-33)47(34-13-5-3-6-14-34)37-25-27-38(28-26-37)48-42-19-11-9-17-39(42)40-18-10-12-20-43(40)48/h3-30H,1-2H3. The number of benzene rings is 7. The van der Waals surface area contributed by atoms with Gasteiger partial charge in [0.05, 0.1) is 22.1 Å². The molecule has 2 aromatic heterocycles. The van der Waals surface area contributed by atoms with Crippen molar-refractivity contribution in [1.82, 2.24) is 14.1 Å². The Morgan fingerprint density at radius 2 is 0.918 bits per heavy atom. The third-order valence-electron chi connectivity index (χ3n) is 9.63. The van der Waals surface area contributed by atoms with Crippen molar-refractivity contribution in [3.8, 4) is 22.8 Å². The Bertz CT molecular complexity index is 2540. The Balaban J connectivity index is 1.14. The molecule has 9 rings (SSSR count). The van der Waals surface area contributed by atoms with E-state index in [0.717, 1.165) is 50.9 Å². The average molecular weight is 631 g/mol. The molecule has 7 aromatic carbocycles. The van der Waals surface area contributed by atoms with Crippen LogP contribution < -0.4 is 4.90 Å². The SMILES string of the molecule is Cc1cc2nc(-c3ccc(N(c4ccccc4)c4ccc(-n5c6ccccc6c6ccccc65)cc4)cc3)n(-c3ccccc3)c2cc1C. The topological polar surface area (TPSA) is 26.0 Å². The van der Waals surface area contributed by atoms with Crippen LogP contribution in [0.2, 0.25) is 0 Å². The number of fused-ring (bicyclic) bond motifs is 4. The summed E-state index contributed by atoms with van der Waals surface area (Å²) in [6, 6.07) is 60.5.